The number of likely N-dealkylation sites (tertiary alicyclic amines) is 1. The number of nitrogens with zero attached hydrogens (tertiary/aromatic N) is 1. The maximum Gasteiger partial charge on any atom is 0.331 e. The van der Waals surface area contributed by atoms with Crippen LogP contribution in [0, 0.1) is 5.92 Å². The number of unbranched alkanes of at least 4 members (excludes halogenated alkanes) is 1. The number of carbonyl (C=O) groups excluding carboxylic acids is 4. The Morgan fingerprint density at radius 3 is 2.39 bits per heavy atom. The number of aliphatic carboxylic acids is 2. The molecule has 0 aromatic rings. The highest BCUT2D eigenvalue weighted by Gasteiger charge is 2.48. The zero-order chi connectivity index (χ0) is 23.8. The van der Waals surface area contributed by atoms with Gasteiger partial charge in [-0.15, -0.1) is 0 Å². The van der Waals surface area contributed by atoms with Crippen LogP contribution in [-0.2, 0) is 28.8 Å². The molecule has 1 saturated heterocycles. The van der Waals surface area contributed by atoms with Crippen molar-refractivity contribution in [3.63, 3.8) is 0 Å². The molecule has 0 radical (unpaired) electrons. The Kier molecular flexibility index (Phi) is 9.76. The monoisotopic (exact) mass is 441 g/mol. The van der Waals surface area contributed by atoms with Crippen LogP contribution in [-0.4, -0.2) is 75.1 Å². The molecule has 0 aliphatic carbocycles. The first-order chi connectivity index (χ1) is 14.5. The molecule has 0 saturated carbocycles. The van der Waals surface area contributed by atoms with Crippen LogP contribution < -0.4 is 11.1 Å². The van der Waals surface area contributed by atoms with Gasteiger partial charge in [0.15, 0.2) is 11.3 Å². The number of amides is 2. The Labute approximate surface area is 180 Å². The van der Waals surface area contributed by atoms with Crippen LogP contribution in [0.4, 0.5) is 0 Å². The minimum absolute atomic E-state index is 0.0107. The van der Waals surface area contributed by atoms with Crippen LogP contribution >= 0.6 is 0 Å². The van der Waals surface area contributed by atoms with E-state index in [2.05, 4.69) is 5.32 Å². The molecule has 31 heavy (non-hydrogen) atoms. The normalized spacial score (nSPS) is 19.7. The maximum atomic E-state index is 12.8. The van der Waals surface area contributed by atoms with Gasteiger partial charge in [0.1, 0.15) is 12.3 Å². The molecule has 1 fully saturated rings. The molecule has 5 N–H and O–H groups in total. The summed E-state index contributed by atoms with van der Waals surface area (Å²) in [6.07, 6.45) is 1.35. The highest BCUT2D eigenvalue weighted by atomic mass is 16.4. The largest absolute Gasteiger partial charge is 0.481 e. The molecule has 1 aliphatic heterocycles. The Hall–Kier alpha value is -2.82. The average molecular weight is 441 g/mol. The van der Waals surface area contributed by atoms with E-state index in [1.807, 2.05) is 6.92 Å². The zero-order valence-electron chi connectivity index (χ0n) is 17.8. The lowest BCUT2D eigenvalue weighted by Gasteiger charge is -2.32. The first-order valence-electron chi connectivity index (χ1n) is 10.3. The average Bonchev–Trinajstić information content (AvgIpc) is 3.20. The van der Waals surface area contributed by atoms with Crippen molar-refractivity contribution in [2.45, 2.75) is 76.4 Å². The van der Waals surface area contributed by atoms with Gasteiger partial charge < -0.3 is 31.0 Å². The third-order valence-electron chi connectivity index (χ3n) is 5.59. The Morgan fingerprint density at radius 1 is 1.23 bits per heavy atom. The maximum absolute atomic E-state index is 12.8. The fourth-order valence-corrected chi connectivity index (χ4v) is 3.63. The molecule has 1 aliphatic rings. The van der Waals surface area contributed by atoms with Gasteiger partial charge in [0.2, 0.25) is 11.8 Å². The number of ketones is 1. The van der Waals surface area contributed by atoms with Crippen molar-refractivity contribution in [1.29, 1.82) is 0 Å². The second-order valence-corrected chi connectivity index (χ2v) is 7.90. The van der Waals surface area contributed by atoms with Gasteiger partial charge in [0.25, 0.3) is 0 Å². The van der Waals surface area contributed by atoms with Gasteiger partial charge in [-0.05, 0) is 19.3 Å². The molecule has 4 atom stereocenters. The molecule has 11 heteroatoms. The third kappa shape index (κ3) is 6.58. The molecule has 0 bridgehead atoms. The standard InChI is InChI=1S/C20H31N3O8/c1-3-4-7-15(25)20(21,19(30)31)12(2)9-16(26)23-8-5-6-14(23)18(29)22-13(11-24)10-17(27)28/h11-14H,3-10,21H2,1-2H3,(H,22,29)(H,27,28)(H,30,31)/t12?,13-,14?,20?/m0/s1. The van der Waals surface area contributed by atoms with Gasteiger partial charge in [-0.3, -0.25) is 19.2 Å². The molecule has 11 nitrogen and oxygen atoms in total. The highest BCUT2D eigenvalue weighted by Crippen LogP contribution is 2.26. The molecule has 0 spiro atoms. The van der Waals surface area contributed by atoms with Gasteiger partial charge in [-0.2, -0.15) is 0 Å². The van der Waals surface area contributed by atoms with Gasteiger partial charge in [0.05, 0.1) is 12.5 Å². The number of hydrogen-bond donors (Lipinski definition) is 4. The first-order valence-corrected chi connectivity index (χ1v) is 10.3. The number of hydrogen-bond acceptors (Lipinski definition) is 7. The predicted octanol–water partition coefficient (Wildman–Crippen LogP) is -0.297. The summed E-state index contributed by atoms with van der Waals surface area (Å²) >= 11 is 0. The van der Waals surface area contributed by atoms with E-state index in [0.717, 1.165) is 0 Å². The van der Waals surface area contributed by atoms with Crippen LogP contribution in [0.5, 0.6) is 0 Å². The van der Waals surface area contributed by atoms with Crippen LogP contribution in [0.3, 0.4) is 0 Å². The summed E-state index contributed by atoms with van der Waals surface area (Å²) < 4.78 is 0. The summed E-state index contributed by atoms with van der Waals surface area (Å²) in [7, 11) is 0. The minimum atomic E-state index is -2.22. The van der Waals surface area contributed by atoms with E-state index in [1.165, 1.54) is 11.8 Å². The third-order valence-corrected chi connectivity index (χ3v) is 5.59. The van der Waals surface area contributed by atoms with E-state index in [1.54, 1.807) is 0 Å². The number of rotatable bonds is 13. The molecule has 0 aromatic heterocycles. The number of carbonyl (C=O) groups is 6. The van der Waals surface area contributed by atoms with Crippen molar-refractivity contribution in [2.24, 2.45) is 11.7 Å². The van der Waals surface area contributed by atoms with Crippen molar-refractivity contribution < 1.29 is 39.0 Å². The second-order valence-electron chi connectivity index (χ2n) is 7.90. The van der Waals surface area contributed by atoms with Crippen molar-refractivity contribution in [1.82, 2.24) is 10.2 Å². The molecule has 0 aromatic carbocycles. The van der Waals surface area contributed by atoms with Crippen molar-refractivity contribution in [3.05, 3.63) is 0 Å². The van der Waals surface area contributed by atoms with Crippen molar-refractivity contribution in [3.8, 4) is 0 Å². The Bertz CT molecular complexity index is 725. The summed E-state index contributed by atoms with van der Waals surface area (Å²) in [5, 5.41) is 20.7. The van der Waals surface area contributed by atoms with Gasteiger partial charge in [0, 0.05) is 25.3 Å². The van der Waals surface area contributed by atoms with E-state index in [9.17, 15) is 33.9 Å². The number of aldehydes is 1. The number of carboxylic acid groups (broad SMARTS) is 2. The smallest absolute Gasteiger partial charge is 0.331 e. The van der Waals surface area contributed by atoms with E-state index in [4.69, 9.17) is 10.8 Å². The summed E-state index contributed by atoms with van der Waals surface area (Å²) in [4.78, 5) is 72.6. The fraction of sp³-hybridized carbons (Fsp3) is 0.700. The zero-order valence-corrected chi connectivity index (χ0v) is 17.8. The second kappa shape index (κ2) is 11.5. The Morgan fingerprint density at radius 2 is 1.87 bits per heavy atom. The van der Waals surface area contributed by atoms with Crippen LogP contribution in [0.15, 0.2) is 0 Å². The molecular formula is C20H31N3O8. The van der Waals surface area contributed by atoms with Crippen molar-refractivity contribution in [2.75, 3.05) is 6.54 Å². The van der Waals surface area contributed by atoms with Crippen LogP contribution in [0.2, 0.25) is 0 Å². The predicted molar refractivity (Wildman–Crippen MR) is 108 cm³/mol. The minimum Gasteiger partial charge on any atom is -0.481 e. The number of carboxylic acids is 2. The number of Topliss-reactive ketones (excluding diaryl/α,β-unsaturated/α-hetero) is 1. The molecule has 1 heterocycles. The Balaban J connectivity index is 2.89. The first kappa shape index (κ1) is 26.2. The summed E-state index contributed by atoms with van der Waals surface area (Å²) in [5.41, 5.74) is 3.73. The fourth-order valence-electron chi connectivity index (χ4n) is 3.63. The molecule has 1 rings (SSSR count). The summed E-state index contributed by atoms with van der Waals surface area (Å²) in [5.74, 6) is -5.63. The lowest BCUT2D eigenvalue weighted by molar-refractivity contribution is -0.152. The topological polar surface area (TPSA) is 184 Å². The quantitative estimate of drug-likeness (QED) is 0.220. The van der Waals surface area contributed by atoms with Crippen molar-refractivity contribution >= 4 is 35.8 Å². The molecular weight excluding hydrogens is 410 g/mol. The summed E-state index contributed by atoms with van der Waals surface area (Å²) in [6.45, 7) is 3.50. The number of nitrogens with one attached hydrogen (secondary N) is 1. The number of nitrogens with two attached hydrogens (primary N) is 1. The van der Waals surface area contributed by atoms with Crippen LogP contribution in [0.1, 0.15) is 58.8 Å². The van der Waals surface area contributed by atoms with Crippen LogP contribution in [0.25, 0.3) is 0 Å². The lowest BCUT2D eigenvalue weighted by atomic mass is 9.78. The molecule has 3 unspecified atom stereocenters. The SMILES string of the molecule is CCCCC(=O)C(N)(C(=O)O)C(C)CC(=O)N1CCCC1C(=O)N[C@H](C=O)CC(=O)O. The van der Waals surface area contributed by atoms with E-state index >= 15 is 0 Å². The molecule has 174 valence electrons. The van der Waals surface area contributed by atoms with Gasteiger partial charge in [-0.1, -0.05) is 20.3 Å². The van der Waals surface area contributed by atoms with E-state index in [-0.39, 0.29) is 19.4 Å². The lowest BCUT2D eigenvalue weighted by Crippen LogP contribution is -2.60. The van der Waals surface area contributed by atoms with Gasteiger partial charge in [-0.25, -0.2) is 4.79 Å². The van der Waals surface area contributed by atoms with E-state index < -0.39 is 59.5 Å². The summed E-state index contributed by atoms with van der Waals surface area (Å²) in [6, 6.07) is -2.13. The highest BCUT2D eigenvalue weighted by molar-refractivity contribution is 6.08. The van der Waals surface area contributed by atoms with E-state index in [0.29, 0.717) is 32.0 Å². The molecule has 2 amide bonds. The van der Waals surface area contributed by atoms with Gasteiger partial charge >= 0.3 is 11.9 Å².